The zero-order chi connectivity index (χ0) is 17.0. The summed E-state index contributed by atoms with van der Waals surface area (Å²) in [6.45, 7) is 3.06. The standard InChI is InChI=1S/C15H20ClN3O4/c1-2-18(9-15(20)21)13-6-12(7-13)17-8-10-5-11(16)3-4-14(10)19(22)23/h3-5,12-13,17H,2,6-9H2,1H3,(H,20,21). The van der Waals surface area contributed by atoms with Crippen molar-refractivity contribution in [3.8, 4) is 0 Å². The van der Waals surface area contributed by atoms with E-state index >= 15 is 0 Å². The zero-order valence-electron chi connectivity index (χ0n) is 12.9. The van der Waals surface area contributed by atoms with E-state index in [0.717, 1.165) is 12.8 Å². The van der Waals surface area contributed by atoms with Crippen LogP contribution in [0.3, 0.4) is 0 Å². The van der Waals surface area contributed by atoms with Gasteiger partial charge in [-0.25, -0.2) is 0 Å². The van der Waals surface area contributed by atoms with Crippen LogP contribution < -0.4 is 5.32 Å². The Bertz CT molecular complexity index is 590. The van der Waals surface area contributed by atoms with Gasteiger partial charge in [0, 0.05) is 35.3 Å². The maximum Gasteiger partial charge on any atom is 0.317 e. The van der Waals surface area contributed by atoms with E-state index in [1.54, 1.807) is 6.07 Å². The lowest BCUT2D eigenvalue weighted by Gasteiger charge is -2.42. The van der Waals surface area contributed by atoms with E-state index in [0.29, 0.717) is 23.7 Å². The number of carbonyl (C=O) groups is 1. The number of benzene rings is 1. The summed E-state index contributed by atoms with van der Waals surface area (Å²) < 4.78 is 0. The molecule has 7 nitrogen and oxygen atoms in total. The molecule has 0 spiro atoms. The number of carboxylic acids is 1. The fourth-order valence-corrected chi connectivity index (χ4v) is 3.05. The van der Waals surface area contributed by atoms with Gasteiger partial charge in [-0.15, -0.1) is 0 Å². The second-order valence-electron chi connectivity index (χ2n) is 5.69. The Morgan fingerprint density at radius 2 is 2.22 bits per heavy atom. The number of hydrogen-bond donors (Lipinski definition) is 2. The summed E-state index contributed by atoms with van der Waals surface area (Å²) in [6, 6.07) is 5.01. The van der Waals surface area contributed by atoms with Gasteiger partial charge in [0.25, 0.3) is 5.69 Å². The Hall–Kier alpha value is -1.70. The van der Waals surface area contributed by atoms with Crippen LogP contribution in [0.4, 0.5) is 5.69 Å². The predicted molar refractivity (Wildman–Crippen MR) is 86.6 cm³/mol. The summed E-state index contributed by atoms with van der Waals surface area (Å²) >= 11 is 5.90. The highest BCUT2D eigenvalue weighted by Crippen LogP contribution is 2.27. The molecule has 1 saturated carbocycles. The molecule has 0 unspecified atom stereocenters. The number of nitrogens with one attached hydrogen (secondary N) is 1. The van der Waals surface area contributed by atoms with E-state index in [9.17, 15) is 14.9 Å². The van der Waals surface area contributed by atoms with Crippen LogP contribution in [0.25, 0.3) is 0 Å². The van der Waals surface area contributed by atoms with Crippen LogP contribution in [0.2, 0.25) is 5.02 Å². The minimum atomic E-state index is -0.821. The summed E-state index contributed by atoms with van der Waals surface area (Å²) in [5.74, 6) is -0.821. The fraction of sp³-hybridized carbons (Fsp3) is 0.533. The Balaban J connectivity index is 1.86. The number of nitro benzene ring substituents is 1. The van der Waals surface area contributed by atoms with Crippen molar-refractivity contribution in [2.75, 3.05) is 13.1 Å². The van der Waals surface area contributed by atoms with E-state index in [-0.39, 0.29) is 24.3 Å². The SMILES string of the molecule is CCN(CC(=O)O)C1CC(NCc2cc(Cl)ccc2[N+](=O)[O-])C1. The third-order valence-corrected chi connectivity index (χ3v) is 4.43. The second kappa shape index (κ2) is 7.72. The molecule has 1 aromatic carbocycles. The summed E-state index contributed by atoms with van der Waals surface area (Å²) in [6.07, 6.45) is 1.69. The number of carboxylic acid groups (broad SMARTS) is 1. The molecular formula is C15H20ClN3O4. The van der Waals surface area contributed by atoms with Crippen molar-refractivity contribution >= 4 is 23.3 Å². The number of halogens is 1. The number of likely N-dealkylation sites (N-methyl/N-ethyl adjacent to an activating group) is 1. The van der Waals surface area contributed by atoms with Crippen molar-refractivity contribution in [2.45, 2.75) is 38.4 Å². The van der Waals surface area contributed by atoms with Gasteiger partial charge in [-0.05, 0) is 31.5 Å². The lowest BCUT2D eigenvalue weighted by Crippen LogP contribution is -2.53. The first-order valence-corrected chi connectivity index (χ1v) is 7.90. The fourth-order valence-electron chi connectivity index (χ4n) is 2.85. The van der Waals surface area contributed by atoms with Crippen LogP contribution in [-0.4, -0.2) is 46.1 Å². The molecule has 0 saturated heterocycles. The number of nitro groups is 1. The quantitative estimate of drug-likeness (QED) is 0.556. The molecule has 2 N–H and O–H groups in total. The largest absolute Gasteiger partial charge is 0.480 e. The number of nitrogens with zero attached hydrogens (tertiary/aromatic N) is 2. The third-order valence-electron chi connectivity index (χ3n) is 4.19. The molecule has 0 amide bonds. The van der Waals surface area contributed by atoms with Crippen molar-refractivity contribution in [2.24, 2.45) is 0 Å². The van der Waals surface area contributed by atoms with E-state index in [1.807, 2.05) is 11.8 Å². The normalized spacial score (nSPS) is 20.3. The van der Waals surface area contributed by atoms with Crippen LogP contribution in [0.1, 0.15) is 25.3 Å². The molecule has 1 fully saturated rings. The van der Waals surface area contributed by atoms with Gasteiger partial charge in [-0.1, -0.05) is 18.5 Å². The van der Waals surface area contributed by atoms with Crippen LogP contribution in [0.15, 0.2) is 18.2 Å². The lowest BCUT2D eigenvalue weighted by molar-refractivity contribution is -0.385. The van der Waals surface area contributed by atoms with Crippen LogP contribution in [0, 0.1) is 10.1 Å². The van der Waals surface area contributed by atoms with Crippen molar-refractivity contribution in [1.29, 1.82) is 0 Å². The number of aliphatic carboxylic acids is 1. The molecule has 2 rings (SSSR count). The first-order valence-electron chi connectivity index (χ1n) is 7.52. The highest BCUT2D eigenvalue weighted by atomic mass is 35.5. The molecule has 1 aliphatic rings. The van der Waals surface area contributed by atoms with E-state index in [1.165, 1.54) is 12.1 Å². The molecule has 0 heterocycles. The van der Waals surface area contributed by atoms with Gasteiger partial charge in [0.2, 0.25) is 0 Å². The molecule has 8 heteroatoms. The minimum Gasteiger partial charge on any atom is -0.480 e. The molecule has 0 bridgehead atoms. The van der Waals surface area contributed by atoms with E-state index < -0.39 is 10.9 Å². The van der Waals surface area contributed by atoms with Gasteiger partial charge in [0.1, 0.15) is 0 Å². The van der Waals surface area contributed by atoms with Crippen molar-refractivity contribution in [3.63, 3.8) is 0 Å². The van der Waals surface area contributed by atoms with Crippen LogP contribution in [-0.2, 0) is 11.3 Å². The summed E-state index contributed by atoms with van der Waals surface area (Å²) in [5, 5.41) is 23.6. The minimum absolute atomic E-state index is 0.0493. The van der Waals surface area contributed by atoms with Gasteiger partial charge >= 0.3 is 5.97 Å². The van der Waals surface area contributed by atoms with Crippen molar-refractivity contribution < 1.29 is 14.8 Å². The predicted octanol–water partition coefficient (Wildman–Crippen LogP) is 2.28. The highest BCUT2D eigenvalue weighted by Gasteiger charge is 2.33. The first-order chi connectivity index (χ1) is 10.9. The molecule has 1 aliphatic carbocycles. The molecule has 0 aromatic heterocycles. The average Bonchev–Trinajstić information content (AvgIpc) is 2.43. The maximum absolute atomic E-state index is 11.0. The topological polar surface area (TPSA) is 95.7 Å². The Morgan fingerprint density at radius 1 is 1.52 bits per heavy atom. The smallest absolute Gasteiger partial charge is 0.317 e. The van der Waals surface area contributed by atoms with Gasteiger partial charge in [-0.3, -0.25) is 19.8 Å². The van der Waals surface area contributed by atoms with Gasteiger partial charge < -0.3 is 10.4 Å². The van der Waals surface area contributed by atoms with Crippen molar-refractivity contribution in [1.82, 2.24) is 10.2 Å². The Morgan fingerprint density at radius 3 is 2.78 bits per heavy atom. The lowest BCUT2D eigenvalue weighted by atomic mass is 9.85. The Labute approximate surface area is 139 Å². The summed E-state index contributed by atoms with van der Waals surface area (Å²) in [7, 11) is 0. The first kappa shape index (κ1) is 17.7. The van der Waals surface area contributed by atoms with E-state index in [4.69, 9.17) is 16.7 Å². The monoisotopic (exact) mass is 341 g/mol. The third kappa shape index (κ3) is 4.63. The molecule has 0 atom stereocenters. The zero-order valence-corrected chi connectivity index (χ0v) is 13.6. The molecule has 0 radical (unpaired) electrons. The molecule has 126 valence electrons. The Kier molecular flexibility index (Phi) is 5.92. The van der Waals surface area contributed by atoms with Crippen molar-refractivity contribution in [3.05, 3.63) is 38.9 Å². The second-order valence-corrected chi connectivity index (χ2v) is 6.13. The van der Waals surface area contributed by atoms with Gasteiger partial charge in [-0.2, -0.15) is 0 Å². The molecule has 23 heavy (non-hydrogen) atoms. The maximum atomic E-state index is 11.0. The average molecular weight is 342 g/mol. The van der Waals surface area contributed by atoms with Gasteiger partial charge in [0.15, 0.2) is 0 Å². The molecule has 1 aromatic rings. The molecular weight excluding hydrogens is 322 g/mol. The highest BCUT2D eigenvalue weighted by molar-refractivity contribution is 6.30. The molecule has 0 aliphatic heterocycles. The van der Waals surface area contributed by atoms with Crippen LogP contribution in [0.5, 0.6) is 0 Å². The number of hydrogen-bond acceptors (Lipinski definition) is 5. The summed E-state index contributed by atoms with van der Waals surface area (Å²) in [5.41, 5.74) is 0.614. The number of rotatable bonds is 8. The van der Waals surface area contributed by atoms with E-state index in [2.05, 4.69) is 5.32 Å². The van der Waals surface area contributed by atoms with Crippen LogP contribution >= 0.6 is 11.6 Å². The summed E-state index contributed by atoms with van der Waals surface area (Å²) in [4.78, 5) is 23.3. The van der Waals surface area contributed by atoms with Gasteiger partial charge in [0.05, 0.1) is 11.5 Å².